The lowest BCUT2D eigenvalue weighted by Crippen LogP contribution is -2.16. The average molecular weight is 273 g/mol. The molecular weight excluding hydrogens is 253 g/mol. The summed E-state index contributed by atoms with van der Waals surface area (Å²) in [5, 5.41) is 0. The highest BCUT2D eigenvalue weighted by Gasteiger charge is 2.15. The summed E-state index contributed by atoms with van der Waals surface area (Å²) in [6.45, 7) is 5.79. The Balaban J connectivity index is 2.39. The molecule has 2 aromatic carbocycles. The molecule has 0 amide bonds. The van der Waals surface area contributed by atoms with E-state index < -0.39 is 6.04 Å². The second-order valence-electron chi connectivity index (χ2n) is 5.24. The molecule has 0 radical (unpaired) electrons. The van der Waals surface area contributed by atoms with Crippen LogP contribution in [-0.2, 0) is 0 Å². The van der Waals surface area contributed by atoms with Crippen LogP contribution in [0.4, 0.5) is 4.39 Å². The SMILES string of the molecule is Cc1cc(F)cc(C(N)c2ccccc2OC(C)C)c1. The lowest BCUT2D eigenvalue weighted by Gasteiger charge is -2.19. The molecule has 0 aliphatic heterocycles. The van der Waals surface area contributed by atoms with E-state index in [0.29, 0.717) is 0 Å². The molecule has 0 heterocycles. The van der Waals surface area contributed by atoms with Crippen molar-refractivity contribution in [2.75, 3.05) is 0 Å². The maximum atomic E-state index is 13.5. The predicted molar refractivity (Wildman–Crippen MR) is 79.4 cm³/mol. The van der Waals surface area contributed by atoms with Crippen molar-refractivity contribution in [3.05, 3.63) is 65.0 Å². The van der Waals surface area contributed by atoms with Crippen molar-refractivity contribution in [2.24, 2.45) is 5.73 Å². The highest BCUT2D eigenvalue weighted by Crippen LogP contribution is 2.29. The van der Waals surface area contributed by atoms with Gasteiger partial charge in [0.15, 0.2) is 0 Å². The van der Waals surface area contributed by atoms with Crippen LogP contribution in [0.3, 0.4) is 0 Å². The summed E-state index contributed by atoms with van der Waals surface area (Å²) in [7, 11) is 0. The fourth-order valence-electron chi connectivity index (χ4n) is 2.22. The molecular formula is C17H20FNO. The zero-order chi connectivity index (χ0) is 14.7. The molecule has 0 bridgehead atoms. The Morgan fingerprint density at radius 2 is 1.80 bits per heavy atom. The topological polar surface area (TPSA) is 35.2 Å². The van der Waals surface area contributed by atoms with Gasteiger partial charge in [-0.1, -0.05) is 24.3 Å². The van der Waals surface area contributed by atoms with Crippen molar-refractivity contribution >= 4 is 0 Å². The molecule has 0 saturated heterocycles. The Bertz CT molecular complexity index is 575. The van der Waals surface area contributed by atoms with Crippen LogP contribution in [0, 0.1) is 12.7 Å². The summed E-state index contributed by atoms with van der Waals surface area (Å²) in [4.78, 5) is 0. The average Bonchev–Trinajstić information content (AvgIpc) is 2.36. The number of ether oxygens (including phenoxy) is 1. The van der Waals surface area contributed by atoms with Crippen LogP contribution in [-0.4, -0.2) is 6.10 Å². The number of para-hydroxylation sites is 1. The van der Waals surface area contributed by atoms with E-state index in [1.54, 1.807) is 0 Å². The Morgan fingerprint density at radius 3 is 2.45 bits per heavy atom. The van der Waals surface area contributed by atoms with E-state index in [-0.39, 0.29) is 11.9 Å². The van der Waals surface area contributed by atoms with E-state index in [9.17, 15) is 4.39 Å². The maximum Gasteiger partial charge on any atom is 0.124 e. The Hall–Kier alpha value is -1.87. The highest BCUT2D eigenvalue weighted by molar-refractivity contribution is 5.42. The first-order valence-electron chi connectivity index (χ1n) is 6.75. The van der Waals surface area contributed by atoms with Crippen LogP contribution < -0.4 is 10.5 Å². The smallest absolute Gasteiger partial charge is 0.124 e. The molecule has 0 spiro atoms. The molecule has 0 aromatic heterocycles. The predicted octanol–water partition coefficient (Wildman–Crippen LogP) is 3.97. The summed E-state index contributed by atoms with van der Waals surface area (Å²) < 4.78 is 19.3. The van der Waals surface area contributed by atoms with Crippen molar-refractivity contribution in [3.63, 3.8) is 0 Å². The van der Waals surface area contributed by atoms with Crippen molar-refractivity contribution in [1.82, 2.24) is 0 Å². The van der Waals surface area contributed by atoms with Crippen LogP contribution in [0.1, 0.15) is 36.6 Å². The molecule has 0 aliphatic rings. The fraction of sp³-hybridized carbons (Fsp3) is 0.294. The molecule has 106 valence electrons. The van der Waals surface area contributed by atoms with Gasteiger partial charge in [-0.2, -0.15) is 0 Å². The molecule has 20 heavy (non-hydrogen) atoms. The molecule has 0 aliphatic carbocycles. The quantitative estimate of drug-likeness (QED) is 0.914. The number of aryl methyl sites for hydroxylation is 1. The number of halogens is 1. The van der Waals surface area contributed by atoms with Crippen LogP contribution in [0.5, 0.6) is 5.75 Å². The molecule has 2 nitrogen and oxygen atoms in total. The van der Waals surface area contributed by atoms with Crippen LogP contribution >= 0.6 is 0 Å². The lowest BCUT2D eigenvalue weighted by atomic mass is 9.97. The van der Waals surface area contributed by atoms with Crippen LogP contribution in [0.25, 0.3) is 0 Å². The normalized spacial score (nSPS) is 12.5. The lowest BCUT2D eigenvalue weighted by molar-refractivity contribution is 0.239. The molecule has 2 N–H and O–H groups in total. The van der Waals surface area contributed by atoms with Crippen molar-refractivity contribution in [2.45, 2.75) is 32.9 Å². The monoisotopic (exact) mass is 273 g/mol. The van der Waals surface area contributed by atoms with Crippen molar-refractivity contribution < 1.29 is 9.13 Å². The number of nitrogens with two attached hydrogens (primary N) is 1. The third-order valence-corrected chi connectivity index (χ3v) is 3.04. The largest absolute Gasteiger partial charge is 0.491 e. The van der Waals surface area contributed by atoms with Gasteiger partial charge in [0.2, 0.25) is 0 Å². The molecule has 2 rings (SSSR count). The van der Waals surface area contributed by atoms with E-state index in [4.69, 9.17) is 10.5 Å². The summed E-state index contributed by atoms with van der Waals surface area (Å²) in [6, 6.07) is 12.1. The van der Waals surface area contributed by atoms with E-state index in [1.807, 2.05) is 51.1 Å². The second kappa shape index (κ2) is 6.06. The maximum absolute atomic E-state index is 13.5. The first-order chi connectivity index (χ1) is 9.47. The minimum Gasteiger partial charge on any atom is -0.491 e. The van der Waals surface area contributed by atoms with Gasteiger partial charge in [0.05, 0.1) is 12.1 Å². The van der Waals surface area contributed by atoms with Gasteiger partial charge in [-0.3, -0.25) is 0 Å². The molecule has 3 heteroatoms. The van der Waals surface area contributed by atoms with E-state index in [0.717, 1.165) is 22.4 Å². The van der Waals surface area contributed by atoms with Gasteiger partial charge in [-0.25, -0.2) is 4.39 Å². The first-order valence-corrected chi connectivity index (χ1v) is 6.75. The van der Waals surface area contributed by atoms with E-state index in [2.05, 4.69) is 0 Å². The molecule has 0 saturated carbocycles. The highest BCUT2D eigenvalue weighted by atomic mass is 19.1. The van der Waals surface area contributed by atoms with E-state index >= 15 is 0 Å². The second-order valence-corrected chi connectivity index (χ2v) is 5.24. The third kappa shape index (κ3) is 3.36. The zero-order valence-corrected chi connectivity index (χ0v) is 12.1. The molecule has 1 atom stereocenters. The molecule has 1 unspecified atom stereocenters. The standard InChI is InChI=1S/C17H20FNO/c1-11(2)20-16-7-5-4-6-15(16)17(19)13-8-12(3)9-14(18)10-13/h4-11,17H,19H2,1-3H3. The van der Waals surface area contributed by atoms with Crippen LogP contribution in [0.2, 0.25) is 0 Å². The van der Waals surface area contributed by atoms with Gasteiger partial charge in [-0.05, 0) is 50.1 Å². The summed E-state index contributed by atoms with van der Waals surface area (Å²) in [5.74, 6) is 0.481. The first kappa shape index (κ1) is 14.5. The Labute approximate surface area is 119 Å². The minimum atomic E-state index is -0.403. The number of rotatable bonds is 4. The fourth-order valence-corrected chi connectivity index (χ4v) is 2.22. The van der Waals surface area contributed by atoms with Crippen molar-refractivity contribution in [3.8, 4) is 5.75 Å². The summed E-state index contributed by atoms with van der Waals surface area (Å²) in [5.41, 5.74) is 8.76. The summed E-state index contributed by atoms with van der Waals surface area (Å²) >= 11 is 0. The Kier molecular flexibility index (Phi) is 4.40. The Morgan fingerprint density at radius 1 is 1.10 bits per heavy atom. The minimum absolute atomic E-state index is 0.0672. The van der Waals surface area contributed by atoms with Crippen molar-refractivity contribution in [1.29, 1.82) is 0 Å². The van der Waals surface area contributed by atoms with Gasteiger partial charge in [-0.15, -0.1) is 0 Å². The molecule has 0 fully saturated rings. The third-order valence-electron chi connectivity index (χ3n) is 3.04. The summed E-state index contributed by atoms with van der Waals surface area (Å²) in [6.07, 6.45) is 0.0672. The van der Waals surface area contributed by atoms with Gasteiger partial charge < -0.3 is 10.5 Å². The van der Waals surface area contributed by atoms with Gasteiger partial charge in [0, 0.05) is 5.56 Å². The number of hydrogen-bond acceptors (Lipinski definition) is 2. The van der Waals surface area contributed by atoms with Gasteiger partial charge in [0.1, 0.15) is 11.6 Å². The molecule has 2 aromatic rings. The number of benzene rings is 2. The van der Waals surface area contributed by atoms with Gasteiger partial charge in [0.25, 0.3) is 0 Å². The van der Waals surface area contributed by atoms with E-state index in [1.165, 1.54) is 12.1 Å². The van der Waals surface area contributed by atoms with Crippen LogP contribution in [0.15, 0.2) is 42.5 Å². The number of hydrogen-bond donors (Lipinski definition) is 1. The van der Waals surface area contributed by atoms with Gasteiger partial charge >= 0.3 is 0 Å². The zero-order valence-electron chi connectivity index (χ0n) is 12.1.